The van der Waals surface area contributed by atoms with E-state index in [4.69, 9.17) is 11.6 Å². The van der Waals surface area contributed by atoms with Gasteiger partial charge in [0.1, 0.15) is 5.82 Å². The normalized spacial score (nSPS) is 15.1. The Morgan fingerprint density at radius 2 is 1.57 bits per heavy atom. The van der Waals surface area contributed by atoms with Gasteiger partial charge in [-0.25, -0.2) is 26.0 Å². The first kappa shape index (κ1) is 40.9. The van der Waals surface area contributed by atoms with Crippen molar-refractivity contribution >= 4 is 71.1 Å². The van der Waals surface area contributed by atoms with E-state index in [2.05, 4.69) is 0 Å². The zero-order valence-corrected chi connectivity index (χ0v) is 32.8. The predicted molar refractivity (Wildman–Crippen MR) is 187 cm³/mol. The van der Waals surface area contributed by atoms with E-state index in [1.54, 1.807) is 22.0 Å². The first-order chi connectivity index (χ1) is 23.4. The van der Waals surface area contributed by atoms with Gasteiger partial charge in [-0.15, -0.1) is 0 Å². The molecule has 3 aromatic carbocycles. The summed E-state index contributed by atoms with van der Waals surface area (Å²) in [6, 6.07) is 14.0. The molecule has 1 aliphatic rings. The van der Waals surface area contributed by atoms with Crippen molar-refractivity contribution < 1.29 is 73.2 Å². The summed E-state index contributed by atoms with van der Waals surface area (Å²) >= 11 is 6.07. The number of nitrogens with zero attached hydrogens (tertiary/aromatic N) is 4. The van der Waals surface area contributed by atoms with Gasteiger partial charge in [-0.3, -0.25) is 0 Å². The summed E-state index contributed by atoms with van der Waals surface area (Å²) in [7, 11) is -7.06. The molecule has 5 rings (SSSR count). The van der Waals surface area contributed by atoms with Crippen LogP contribution in [0.25, 0.3) is 27.9 Å². The summed E-state index contributed by atoms with van der Waals surface area (Å²) in [5.41, 5.74) is 2.08. The minimum atomic E-state index is -4.73. The molecule has 17 heteroatoms. The van der Waals surface area contributed by atoms with Gasteiger partial charge in [-0.2, -0.15) is 13.2 Å². The van der Waals surface area contributed by atoms with Crippen LogP contribution in [0.4, 0.5) is 24.5 Å². The van der Waals surface area contributed by atoms with Crippen LogP contribution in [0, 0.1) is 0 Å². The van der Waals surface area contributed by atoms with Crippen molar-refractivity contribution in [1.29, 1.82) is 0 Å². The quantitative estimate of drug-likeness (QED) is 0.0929. The second-order valence-corrected chi connectivity index (χ2v) is 15.4. The topological polar surface area (TPSA) is 130 Å². The van der Waals surface area contributed by atoms with Crippen LogP contribution < -0.4 is 43.9 Å². The monoisotopic (exact) mass is 774 g/mol. The van der Waals surface area contributed by atoms with Gasteiger partial charge >= 0.3 is 35.7 Å². The molecule has 268 valence electrons. The third-order valence-electron chi connectivity index (χ3n) is 8.49. The molecular formula is C34H35ClF3N4NaO6S2. The molecule has 10 nitrogen and oxygen atoms in total. The number of hydrogen-bond donors (Lipinski definition) is 0. The van der Waals surface area contributed by atoms with E-state index < -0.39 is 48.5 Å². The van der Waals surface area contributed by atoms with Gasteiger partial charge in [0.25, 0.3) is 5.82 Å². The number of rotatable bonds is 12. The summed E-state index contributed by atoms with van der Waals surface area (Å²) in [5, 5.41) is 1.54. The predicted octanol–water partition coefficient (Wildman–Crippen LogP) is 3.31. The van der Waals surface area contributed by atoms with Crippen LogP contribution in [0.3, 0.4) is 0 Å². The van der Waals surface area contributed by atoms with Crippen molar-refractivity contribution in [3.05, 3.63) is 94.6 Å². The Bertz CT molecular complexity index is 2270. The van der Waals surface area contributed by atoms with Crippen molar-refractivity contribution in [3.63, 3.8) is 0 Å². The Balaban J connectivity index is 0.00000583. The fourth-order valence-corrected chi connectivity index (χ4v) is 7.51. The second kappa shape index (κ2) is 16.0. The van der Waals surface area contributed by atoms with Crippen molar-refractivity contribution in [2.45, 2.75) is 39.4 Å². The Morgan fingerprint density at radius 3 is 2.20 bits per heavy atom. The molecule has 1 aliphatic heterocycles. The van der Waals surface area contributed by atoms with Crippen LogP contribution in [0.1, 0.15) is 38.1 Å². The number of alkyl halides is 3. The summed E-state index contributed by atoms with van der Waals surface area (Å²) in [4.78, 5) is 3.31. The summed E-state index contributed by atoms with van der Waals surface area (Å²) in [5.74, 6) is 0.0108. The van der Waals surface area contributed by atoms with E-state index in [0.717, 1.165) is 39.3 Å². The molecule has 0 radical (unpaired) electrons. The minimum Gasteiger partial charge on any atom is -0.748 e. The molecule has 2 heterocycles. The smallest absolute Gasteiger partial charge is 0.748 e. The fraction of sp³-hybridized carbons (Fsp3) is 0.324. The first-order valence-corrected chi connectivity index (χ1v) is 19.2. The van der Waals surface area contributed by atoms with E-state index in [1.165, 1.54) is 6.07 Å². The molecule has 0 spiro atoms. The number of fused-ring (bicyclic) bond motifs is 4. The molecule has 0 atom stereocenters. The van der Waals surface area contributed by atoms with E-state index >= 15 is 0 Å². The molecule has 0 saturated heterocycles. The number of anilines is 2. The van der Waals surface area contributed by atoms with Gasteiger partial charge in [-0.1, -0.05) is 47.5 Å². The van der Waals surface area contributed by atoms with Crippen molar-refractivity contribution in [2.75, 3.05) is 34.4 Å². The van der Waals surface area contributed by atoms with Crippen LogP contribution in [-0.4, -0.2) is 55.1 Å². The molecule has 0 amide bonds. The Labute approximate surface area is 322 Å². The van der Waals surface area contributed by atoms with Crippen LogP contribution in [-0.2, 0) is 40.0 Å². The fourth-order valence-electron chi connectivity index (χ4n) is 6.28. The molecule has 0 N–H and O–H groups in total. The van der Waals surface area contributed by atoms with Gasteiger partial charge in [0.05, 0.1) is 55.8 Å². The molecule has 1 aromatic heterocycles. The maximum absolute atomic E-state index is 13.8. The number of aromatic nitrogens is 2. The molecule has 4 aromatic rings. The number of benzene rings is 3. The van der Waals surface area contributed by atoms with Crippen molar-refractivity contribution in [1.82, 2.24) is 4.57 Å². The van der Waals surface area contributed by atoms with Crippen LogP contribution in [0.5, 0.6) is 0 Å². The SMILES string of the molecule is CCN1\C(=C/C=C(C)/C=C/c2n(CCCS(=O)(=O)[O-])c3ccc4ccccc4c3[n+]2C)N(CCCS(=O)(=O)[O-])c2cc(C(F)(F)F)c(Cl)cc21.[Na+]. The number of halogens is 4. The van der Waals surface area contributed by atoms with Crippen LogP contribution in [0.2, 0.25) is 5.02 Å². The van der Waals surface area contributed by atoms with Crippen molar-refractivity contribution in [2.24, 2.45) is 7.05 Å². The third-order valence-corrected chi connectivity index (χ3v) is 10.4. The average Bonchev–Trinajstić information content (AvgIpc) is 3.46. The largest absolute Gasteiger partial charge is 1.00 e. The average molecular weight is 775 g/mol. The van der Waals surface area contributed by atoms with Gasteiger partial charge in [-0.05, 0) is 68.5 Å². The first-order valence-electron chi connectivity index (χ1n) is 15.7. The van der Waals surface area contributed by atoms with E-state index in [9.17, 15) is 39.1 Å². The van der Waals surface area contributed by atoms with E-state index in [0.29, 0.717) is 18.1 Å². The second-order valence-electron chi connectivity index (χ2n) is 11.9. The Morgan fingerprint density at radius 1 is 0.941 bits per heavy atom. The molecule has 0 fully saturated rings. The van der Waals surface area contributed by atoms with E-state index in [-0.39, 0.29) is 61.2 Å². The van der Waals surface area contributed by atoms with Gasteiger partial charge in [0.2, 0.25) is 0 Å². The minimum absolute atomic E-state index is 0. The molecule has 0 saturated carbocycles. The Kier molecular flexibility index (Phi) is 12.8. The number of imidazole rings is 1. The summed E-state index contributed by atoms with van der Waals surface area (Å²) in [6.07, 6.45) is 2.43. The zero-order chi connectivity index (χ0) is 36.6. The number of allylic oxidation sites excluding steroid dienone is 4. The van der Waals surface area contributed by atoms with Gasteiger partial charge < -0.3 is 18.9 Å². The summed E-state index contributed by atoms with van der Waals surface area (Å²) < 4.78 is 113. The summed E-state index contributed by atoms with van der Waals surface area (Å²) in [6.45, 7) is 4.21. The van der Waals surface area contributed by atoms with Crippen LogP contribution in [0.15, 0.2) is 78.2 Å². The van der Waals surface area contributed by atoms with Crippen LogP contribution >= 0.6 is 11.6 Å². The zero-order valence-electron chi connectivity index (χ0n) is 28.4. The Hall–Kier alpha value is -2.89. The molecule has 51 heavy (non-hydrogen) atoms. The van der Waals surface area contributed by atoms with E-state index in [1.807, 2.05) is 78.6 Å². The molecule has 0 aliphatic carbocycles. The van der Waals surface area contributed by atoms with Gasteiger partial charge in [0, 0.05) is 36.1 Å². The number of hydrogen-bond acceptors (Lipinski definition) is 8. The maximum atomic E-state index is 13.8. The number of aryl methyl sites for hydroxylation is 2. The van der Waals surface area contributed by atoms with Crippen molar-refractivity contribution in [3.8, 4) is 0 Å². The molecular weight excluding hydrogens is 740 g/mol. The molecule has 0 bridgehead atoms. The van der Waals surface area contributed by atoms with Gasteiger partial charge in [0.15, 0.2) is 11.0 Å². The molecule has 0 unspecified atom stereocenters. The third kappa shape index (κ3) is 9.38. The maximum Gasteiger partial charge on any atom is 1.00 e. The standard InChI is InChI=1S/C34H36ClF3N4O6S2.Na/c1-4-40-30-22-27(35)26(34(36,37)38)21-29(30)42(18-8-20-50(46,47)48)32(40)16-12-23(2)11-15-31-39(3)33-25-10-6-5-9-24(25)13-14-28(33)41(31)17-7-19-49(43,44)45;/h5-6,9-16,21-22H,4,7-8,17-20H2,1-3H3,(H-,43,44,45,46,47,48);/q;+1/p-1.